The molecule has 3 aliphatic rings. The van der Waals surface area contributed by atoms with Crippen molar-refractivity contribution in [2.24, 2.45) is 29.6 Å². The molecule has 0 amide bonds. The van der Waals surface area contributed by atoms with Crippen LogP contribution in [0.3, 0.4) is 0 Å². The monoisotopic (exact) mass is 205 g/mol. The Kier molecular flexibility index (Phi) is 2.57. The molecule has 3 saturated carbocycles. The van der Waals surface area contributed by atoms with Crippen LogP contribution in [0.1, 0.15) is 58.8 Å². The molecule has 4 unspecified atom stereocenters. The molecule has 0 aromatic heterocycles. The summed E-state index contributed by atoms with van der Waals surface area (Å²) < 4.78 is 0. The van der Waals surface area contributed by atoms with Crippen LogP contribution in [0.5, 0.6) is 0 Å². The first-order valence-corrected chi connectivity index (χ1v) is 7.18. The molecule has 15 heavy (non-hydrogen) atoms. The Hall–Kier alpha value is 0. The minimum atomic E-state index is 1.03. The Morgan fingerprint density at radius 2 is 1.40 bits per heavy atom. The van der Waals surface area contributed by atoms with Crippen molar-refractivity contribution in [1.82, 2.24) is 0 Å². The van der Waals surface area contributed by atoms with E-state index in [2.05, 4.69) is 13.8 Å². The summed E-state index contributed by atoms with van der Waals surface area (Å²) in [6.07, 6.45) is 10.6. The first kappa shape index (κ1) is 10.2. The second-order valence-electron chi connectivity index (χ2n) is 6.19. The van der Waals surface area contributed by atoms with Crippen LogP contribution < -0.4 is 0 Å². The van der Waals surface area contributed by atoms with Gasteiger partial charge in [-0.25, -0.2) is 0 Å². The van der Waals surface area contributed by atoms with Crippen molar-refractivity contribution in [2.45, 2.75) is 58.8 Å². The number of fused-ring (bicyclic) bond motifs is 5. The number of hydrogen-bond donors (Lipinski definition) is 0. The summed E-state index contributed by atoms with van der Waals surface area (Å²) >= 11 is 0. The third-order valence-electron chi connectivity index (χ3n) is 5.87. The van der Waals surface area contributed by atoms with E-state index in [9.17, 15) is 0 Å². The van der Waals surface area contributed by atoms with Crippen molar-refractivity contribution in [1.29, 1.82) is 0 Å². The van der Waals surface area contributed by atoms with Gasteiger partial charge in [0.05, 0.1) is 0 Å². The molecule has 0 N–H and O–H groups in total. The molecule has 0 saturated heterocycles. The van der Waals surface area contributed by atoms with Crippen LogP contribution in [-0.2, 0) is 0 Å². The van der Waals surface area contributed by atoms with Gasteiger partial charge in [-0.3, -0.25) is 0 Å². The predicted octanol–water partition coefficient (Wildman–Crippen LogP) is 4.45. The van der Waals surface area contributed by atoms with E-state index < -0.39 is 0 Å². The Bertz CT molecular complexity index is 210. The fourth-order valence-corrected chi connectivity index (χ4v) is 5.18. The van der Waals surface area contributed by atoms with Gasteiger partial charge in [0.1, 0.15) is 0 Å². The highest BCUT2D eigenvalue weighted by atomic mass is 14.6. The van der Waals surface area contributed by atoms with Gasteiger partial charge in [0.15, 0.2) is 0 Å². The predicted molar refractivity (Wildman–Crippen MR) is 64.4 cm³/mol. The zero-order valence-corrected chi connectivity index (χ0v) is 10.3. The Morgan fingerprint density at radius 1 is 0.867 bits per heavy atom. The third kappa shape index (κ3) is 1.47. The molecule has 4 atom stereocenters. The van der Waals surface area contributed by atoms with Gasteiger partial charge >= 0.3 is 0 Å². The van der Waals surface area contributed by atoms with Crippen LogP contribution in [0, 0.1) is 35.5 Å². The second-order valence-corrected chi connectivity index (χ2v) is 6.19. The normalized spacial score (nSPS) is 47.8. The van der Waals surface area contributed by atoms with E-state index in [-0.39, 0.29) is 0 Å². The van der Waals surface area contributed by atoms with Crippen molar-refractivity contribution in [2.75, 3.05) is 0 Å². The second kappa shape index (κ2) is 3.79. The van der Waals surface area contributed by atoms with Gasteiger partial charge in [-0.15, -0.1) is 0 Å². The lowest BCUT2D eigenvalue weighted by molar-refractivity contribution is 0.259. The standard InChI is InChI=1S/C15H25/c1-3-10(4-2)13-8-14-11-5-6-12(7-11)15(14)9-13/h11-15H,3-9H2,1-2H3. The van der Waals surface area contributed by atoms with Gasteiger partial charge in [0.25, 0.3) is 0 Å². The highest BCUT2D eigenvalue weighted by Crippen LogP contribution is 2.61. The molecule has 0 heterocycles. The van der Waals surface area contributed by atoms with Crippen molar-refractivity contribution in [3.05, 3.63) is 5.92 Å². The largest absolute Gasteiger partial charge is 0.0648 e. The maximum absolute atomic E-state index is 2.36. The Labute approximate surface area is 94.8 Å². The SMILES string of the molecule is CC[C](CC)C1CC2C3CCC(C3)C2C1. The zero-order valence-electron chi connectivity index (χ0n) is 10.3. The first-order valence-electron chi connectivity index (χ1n) is 7.18. The van der Waals surface area contributed by atoms with E-state index in [1.165, 1.54) is 12.8 Å². The summed E-state index contributed by atoms with van der Waals surface area (Å²) in [6, 6.07) is 0. The molecule has 0 heteroatoms. The smallest absolute Gasteiger partial charge is 0.0215 e. The lowest BCUT2D eigenvalue weighted by Gasteiger charge is -2.23. The molecule has 0 aliphatic heterocycles. The van der Waals surface area contributed by atoms with Gasteiger partial charge in [0.2, 0.25) is 0 Å². The van der Waals surface area contributed by atoms with Gasteiger partial charge in [-0.05, 0) is 80.5 Å². The minimum absolute atomic E-state index is 1.03. The molecular formula is C15H25. The first-order chi connectivity index (χ1) is 7.33. The average Bonchev–Trinajstić information content (AvgIpc) is 2.90. The zero-order chi connectivity index (χ0) is 10.4. The van der Waals surface area contributed by atoms with Crippen molar-refractivity contribution in [3.8, 4) is 0 Å². The fraction of sp³-hybridized carbons (Fsp3) is 0.933. The van der Waals surface area contributed by atoms with Gasteiger partial charge in [0, 0.05) is 0 Å². The lowest BCUT2D eigenvalue weighted by Crippen LogP contribution is -2.15. The van der Waals surface area contributed by atoms with E-state index in [1.54, 1.807) is 32.1 Å². The molecule has 2 bridgehead atoms. The summed E-state index contributed by atoms with van der Waals surface area (Å²) in [5.41, 5.74) is 0. The van der Waals surface area contributed by atoms with Crippen molar-refractivity contribution >= 4 is 0 Å². The van der Waals surface area contributed by atoms with E-state index in [0.29, 0.717) is 0 Å². The van der Waals surface area contributed by atoms with Crippen LogP contribution in [0.15, 0.2) is 0 Å². The highest BCUT2D eigenvalue weighted by Gasteiger charge is 2.52. The van der Waals surface area contributed by atoms with E-state index in [1.807, 2.05) is 5.92 Å². The van der Waals surface area contributed by atoms with Gasteiger partial charge in [-0.1, -0.05) is 13.8 Å². The van der Waals surface area contributed by atoms with Crippen LogP contribution in [0.2, 0.25) is 0 Å². The molecule has 1 radical (unpaired) electrons. The summed E-state index contributed by atoms with van der Waals surface area (Å²) in [5, 5.41) is 0. The molecule has 3 rings (SSSR count). The molecule has 85 valence electrons. The maximum atomic E-state index is 2.36. The third-order valence-corrected chi connectivity index (χ3v) is 5.87. The summed E-state index contributed by atoms with van der Waals surface area (Å²) in [4.78, 5) is 0. The molecular weight excluding hydrogens is 180 g/mol. The topological polar surface area (TPSA) is 0 Å². The van der Waals surface area contributed by atoms with Gasteiger partial charge in [-0.2, -0.15) is 0 Å². The maximum Gasteiger partial charge on any atom is -0.0215 e. The van der Waals surface area contributed by atoms with Crippen molar-refractivity contribution in [3.63, 3.8) is 0 Å². The van der Waals surface area contributed by atoms with Crippen LogP contribution >= 0.6 is 0 Å². The Balaban J connectivity index is 1.68. The molecule has 0 spiro atoms. The number of rotatable bonds is 3. The Morgan fingerprint density at radius 3 is 1.87 bits per heavy atom. The van der Waals surface area contributed by atoms with E-state index >= 15 is 0 Å². The van der Waals surface area contributed by atoms with Crippen LogP contribution in [0.25, 0.3) is 0 Å². The molecule has 3 aliphatic carbocycles. The molecule has 3 fully saturated rings. The van der Waals surface area contributed by atoms with E-state index in [0.717, 1.165) is 29.6 Å². The number of hydrogen-bond acceptors (Lipinski definition) is 0. The summed E-state index contributed by atoms with van der Waals surface area (Å²) in [7, 11) is 0. The fourth-order valence-electron chi connectivity index (χ4n) is 5.18. The van der Waals surface area contributed by atoms with Crippen LogP contribution in [-0.4, -0.2) is 0 Å². The molecule has 0 nitrogen and oxygen atoms in total. The average molecular weight is 205 g/mol. The van der Waals surface area contributed by atoms with Crippen LogP contribution in [0.4, 0.5) is 0 Å². The lowest BCUT2D eigenvalue weighted by atomic mass is 9.82. The minimum Gasteiger partial charge on any atom is -0.0648 e. The summed E-state index contributed by atoms with van der Waals surface area (Å²) in [5.74, 6) is 7.52. The molecule has 0 aromatic rings. The van der Waals surface area contributed by atoms with Gasteiger partial charge < -0.3 is 0 Å². The highest BCUT2D eigenvalue weighted by molar-refractivity contribution is 5.07. The van der Waals surface area contributed by atoms with E-state index in [4.69, 9.17) is 0 Å². The van der Waals surface area contributed by atoms with Crippen molar-refractivity contribution < 1.29 is 0 Å². The summed E-state index contributed by atoms with van der Waals surface area (Å²) in [6.45, 7) is 4.73. The molecule has 0 aromatic carbocycles. The quantitative estimate of drug-likeness (QED) is 0.638.